The fraction of sp³-hybridized carbons (Fsp3) is 0.222. The molecule has 0 unspecified atom stereocenters. The van der Waals surface area contributed by atoms with Gasteiger partial charge in [0.1, 0.15) is 6.54 Å². The van der Waals surface area contributed by atoms with E-state index in [-0.39, 0.29) is 6.54 Å². The summed E-state index contributed by atoms with van der Waals surface area (Å²) in [6.45, 7) is 1.54. The molecule has 1 heterocycles. The van der Waals surface area contributed by atoms with Crippen molar-refractivity contribution < 1.29 is 9.90 Å². The first-order chi connectivity index (χ1) is 6.20. The Balaban J connectivity index is 2.73. The van der Waals surface area contributed by atoms with Crippen LogP contribution in [0.3, 0.4) is 0 Å². The summed E-state index contributed by atoms with van der Waals surface area (Å²) in [5.41, 5.74) is 1.35. The van der Waals surface area contributed by atoms with E-state index in [9.17, 15) is 4.79 Å². The van der Waals surface area contributed by atoms with Crippen LogP contribution in [0.1, 0.15) is 12.6 Å². The van der Waals surface area contributed by atoms with Gasteiger partial charge in [-0.05, 0) is 19.1 Å². The number of aliphatic carboxylic acids is 1. The summed E-state index contributed by atoms with van der Waals surface area (Å²) in [5.74, 6) is -0.935. The number of carboxylic acid groups (broad SMARTS) is 1. The second kappa shape index (κ2) is 4.35. The molecule has 0 amide bonds. The Kier molecular flexibility index (Phi) is 3.14. The fourth-order valence-electron chi connectivity index (χ4n) is 0.844. The first-order valence-corrected chi connectivity index (χ1v) is 3.84. The molecule has 0 saturated heterocycles. The molecule has 4 nitrogen and oxygen atoms in total. The molecule has 0 fully saturated rings. The Morgan fingerprint density at radius 1 is 1.62 bits per heavy atom. The molecule has 13 heavy (non-hydrogen) atoms. The highest BCUT2D eigenvalue weighted by molar-refractivity contribution is 5.97. The summed E-state index contributed by atoms with van der Waals surface area (Å²) in [6.07, 6.45) is 1.65. The lowest BCUT2D eigenvalue weighted by atomic mass is 10.2. The van der Waals surface area contributed by atoms with Crippen LogP contribution in [0.15, 0.2) is 29.4 Å². The zero-order chi connectivity index (χ0) is 9.68. The average Bonchev–Trinajstić information content (AvgIpc) is 2.15. The third kappa shape index (κ3) is 3.02. The SMILES string of the molecule is C/C(=N\CC(=O)O)c1ccccn1. The van der Waals surface area contributed by atoms with E-state index < -0.39 is 5.97 Å². The zero-order valence-corrected chi connectivity index (χ0v) is 7.27. The smallest absolute Gasteiger partial charge is 0.325 e. The maximum Gasteiger partial charge on any atom is 0.325 e. The van der Waals surface area contributed by atoms with Gasteiger partial charge in [-0.1, -0.05) is 6.07 Å². The minimum Gasteiger partial charge on any atom is -0.480 e. The summed E-state index contributed by atoms with van der Waals surface area (Å²) < 4.78 is 0. The molecule has 4 heteroatoms. The minimum atomic E-state index is -0.935. The van der Waals surface area contributed by atoms with Gasteiger partial charge in [-0.2, -0.15) is 0 Å². The predicted octanol–water partition coefficient (Wildman–Crippen LogP) is 0.975. The summed E-state index contributed by atoms with van der Waals surface area (Å²) in [4.78, 5) is 18.1. The lowest BCUT2D eigenvalue weighted by Gasteiger charge is -1.97. The first kappa shape index (κ1) is 9.38. The molecule has 0 aliphatic heterocycles. The number of pyridine rings is 1. The third-order valence-corrected chi connectivity index (χ3v) is 1.49. The van der Waals surface area contributed by atoms with Crippen LogP contribution in [-0.2, 0) is 4.79 Å². The predicted molar refractivity (Wildman–Crippen MR) is 49.0 cm³/mol. The highest BCUT2D eigenvalue weighted by Crippen LogP contribution is 1.95. The van der Waals surface area contributed by atoms with Crippen LogP contribution in [-0.4, -0.2) is 28.3 Å². The van der Waals surface area contributed by atoms with Crippen molar-refractivity contribution in [2.45, 2.75) is 6.92 Å². The van der Waals surface area contributed by atoms with Gasteiger partial charge in [-0.15, -0.1) is 0 Å². The van der Waals surface area contributed by atoms with Gasteiger partial charge in [-0.25, -0.2) is 0 Å². The minimum absolute atomic E-state index is 0.206. The molecular weight excluding hydrogens is 168 g/mol. The topological polar surface area (TPSA) is 62.5 Å². The second-order valence-corrected chi connectivity index (χ2v) is 2.51. The molecule has 1 aromatic heterocycles. The van der Waals surface area contributed by atoms with Crippen molar-refractivity contribution in [3.05, 3.63) is 30.1 Å². The van der Waals surface area contributed by atoms with Crippen LogP contribution < -0.4 is 0 Å². The Labute approximate surface area is 76.0 Å². The molecule has 0 spiro atoms. The summed E-state index contributed by atoms with van der Waals surface area (Å²) in [5, 5.41) is 8.38. The Hall–Kier alpha value is -1.71. The lowest BCUT2D eigenvalue weighted by Crippen LogP contribution is -2.04. The van der Waals surface area contributed by atoms with Gasteiger partial charge >= 0.3 is 5.97 Å². The summed E-state index contributed by atoms with van der Waals surface area (Å²) >= 11 is 0. The Bertz CT molecular complexity index is 320. The third-order valence-electron chi connectivity index (χ3n) is 1.49. The lowest BCUT2D eigenvalue weighted by molar-refractivity contribution is -0.135. The Morgan fingerprint density at radius 2 is 2.38 bits per heavy atom. The van der Waals surface area contributed by atoms with E-state index >= 15 is 0 Å². The largest absolute Gasteiger partial charge is 0.480 e. The zero-order valence-electron chi connectivity index (χ0n) is 7.27. The van der Waals surface area contributed by atoms with E-state index in [4.69, 9.17) is 5.11 Å². The molecule has 1 N–H and O–H groups in total. The number of aliphatic imine (C=N–C) groups is 1. The average molecular weight is 178 g/mol. The number of nitrogens with zero attached hydrogens (tertiary/aromatic N) is 2. The molecule has 0 atom stereocenters. The van der Waals surface area contributed by atoms with E-state index in [2.05, 4.69) is 9.98 Å². The highest BCUT2D eigenvalue weighted by atomic mass is 16.4. The van der Waals surface area contributed by atoms with Gasteiger partial charge in [0.15, 0.2) is 0 Å². The van der Waals surface area contributed by atoms with Crippen molar-refractivity contribution in [3.63, 3.8) is 0 Å². The maximum atomic E-state index is 10.2. The highest BCUT2D eigenvalue weighted by Gasteiger charge is 1.98. The van der Waals surface area contributed by atoms with E-state index in [1.165, 1.54) is 0 Å². The Morgan fingerprint density at radius 3 is 2.92 bits per heavy atom. The molecule has 0 bridgehead atoms. The van der Waals surface area contributed by atoms with E-state index in [1.54, 1.807) is 25.3 Å². The number of aromatic nitrogens is 1. The number of hydrogen-bond acceptors (Lipinski definition) is 3. The van der Waals surface area contributed by atoms with Crippen LogP contribution in [0.25, 0.3) is 0 Å². The first-order valence-electron chi connectivity index (χ1n) is 3.84. The van der Waals surface area contributed by atoms with Crippen molar-refractivity contribution in [3.8, 4) is 0 Å². The van der Waals surface area contributed by atoms with Gasteiger partial charge in [0, 0.05) is 6.20 Å². The van der Waals surface area contributed by atoms with Crippen LogP contribution in [0.2, 0.25) is 0 Å². The normalized spacial score (nSPS) is 11.3. The summed E-state index contributed by atoms with van der Waals surface area (Å²) in [7, 11) is 0. The van der Waals surface area contributed by atoms with E-state index in [0.717, 1.165) is 0 Å². The van der Waals surface area contributed by atoms with Crippen LogP contribution in [0.4, 0.5) is 0 Å². The number of hydrogen-bond donors (Lipinski definition) is 1. The number of carboxylic acids is 1. The maximum absolute atomic E-state index is 10.2. The van der Waals surface area contributed by atoms with Gasteiger partial charge in [-0.3, -0.25) is 14.8 Å². The van der Waals surface area contributed by atoms with Gasteiger partial charge in [0.05, 0.1) is 11.4 Å². The quantitative estimate of drug-likeness (QED) is 0.701. The fourth-order valence-corrected chi connectivity index (χ4v) is 0.844. The number of carbonyl (C=O) groups is 1. The van der Waals surface area contributed by atoms with Crippen LogP contribution in [0, 0.1) is 0 Å². The van der Waals surface area contributed by atoms with Gasteiger partial charge in [0.25, 0.3) is 0 Å². The van der Waals surface area contributed by atoms with E-state index in [1.807, 2.05) is 6.07 Å². The molecule has 68 valence electrons. The number of rotatable bonds is 3. The van der Waals surface area contributed by atoms with E-state index in [0.29, 0.717) is 11.4 Å². The molecule has 0 radical (unpaired) electrons. The van der Waals surface area contributed by atoms with Crippen molar-refractivity contribution in [2.75, 3.05) is 6.54 Å². The van der Waals surface area contributed by atoms with Gasteiger partial charge in [0.2, 0.25) is 0 Å². The second-order valence-electron chi connectivity index (χ2n) is 2.51. The molecule has 1 aromatic rings. The van der Waals surface area contributed by atoms with Crippen molar-refractivity contribution in [1.29, 1.82) is 0 Å². The molecule has 0 aliphatic rings. The molecule has 1 rings (SSSR count). The van der Waals surface area contributed by atoms with Crippen molar-refractivity contribution in [2.24, 2.45) is 4.99 Å². The van der Waals surface area contributed by atoms with Crippen LogP contribution in [0.5, 0.6) is 0 Å². The van der Waals surface area contributed by atoms with Crippen molar-refractivity contribution >= 4 is 11.7 Å². The molecule has 0 aliphatic carbocycles. The molecule has 0 saturated carbocycles. The molecule has 0 aromatic carbocycles. The standard InChI is InChI=1S/C9H10N2O2/c1-7(11-6-9(12)13)8-4-2-3-5-10-8/h2-5H,6H2,1H3,(H,12,13)/b11-7+. The van der Waals surface area contributed by atoms with Crippen LogP contribution >= 0.6 is 0 Å². The van der Waals surface area contributed by atoms with Gasteiger partial charge < -0.3 is 5.11 Å². The monoisotopic (exact) mass is 178 g/mol. The summed E-state index contributed by atoms with van der Waals surface area (Å²) in [6, 6.07) is 5.43. The van der Waals surface area contributed by atoms with Crippen molar-refractivity contribution in [1.82, 2.24) is 4.98 Å². The molecular formula is C9H10N2O2.